The van der Waals surface area contributed by atoms with E-state index in [4.69, 9.17) is 23.2 Å². The van der Waals surface area contributed by atoms with Crippen LogP contribution in [-0.2, 0) is 7.05 Å². The van der Waals surface area contributed by atoms with Crippen LogP contribution in [-0.4, -0.2) is 10.4 Å². The third kappa shape index (κ3) is 2.92. The number of carbonyl (C=O) groups is 1. The highest BCUT2D eigenvalue weighted by Gasteiger charge is 2.08. The minimum atomic E-state index is -0.110. The fourth-order valence-corrected chi connectivity index (χ4v) is 3.50. The van der Waals surface area contributed by atoms with Crippen LogP contribution in [0, 0.1) is 0 Å². The highest BCUT2D eigenvalue weighted by Crippen LogP contribution is 2.29. The summed E-state index contributed by atoms with van der Waals surface area (Å²) in [6, 6.07) is 19.4. The Balaban J connectivity index is 1.70. The first kappa shape index (κ1) is 16.9. The molecule has 0 saturated heterocycles. The zero-order valence-electron chi connectivity index (χ0n) is 14.0. The van der Waals surface area contributed by atoms with Crippen molar-refractivity contribution in [3.8, 4) is 0 Å². The van der Waals surface area contributed by atoms with Gasteiger partial charge in [0.1, 0.15) is 0 Å². The molecule has 26 heavy (non-hydrogen) atoms. The molecule has 4 rings (SSSR count). The van der Waals surface area contributed by atoms with Gasteiger partial charge in [-0.2, -0.15) is 0 Å². The highest BCUT2D eigenvalue weighted by atomic mass is 35.5. The van der Waals surface area contributed by atoms with Crippen LogP contribution in [0.1, 0.15) is 15.9 Å². The number of aromatic nitrogens is 1. The van der Waals surface area contributed by atoms with Crippen molar-refractivity contribution in [1.29, 1.82) is 0 Å². The average Bonchev–Trinajstić information content (AvgIpc) is 2.94. The van der Waals surface area contributed by atoms with Crippen LogP contribution in [0.15, 0.2) is 66.7 Å². The topological polar surface area (TPSA) is 22.0 Å². The number of ketones is 1. The van der Waals surface area contributed by atoms with Crippen LogP contribution in [0.5, 0.6) is 0 Å². The van der Waals surface area contributed by atoms with Crippen LogP contribution >= 0.6 is 23.2 Å². The number of hydrogen-bond donors (Lipinski definition) is 0. The van der Waals surface area contributed by atoms with E-state index in [0.29, 0.717) is 15.6 Å². The maximum absolute atomic E-state index is 12.4. The standard InChI is InChI=1S/C22H15Cl2NO/c1-25-20-5-3-2-4-16(20)17-12-14(6-10-21(17)25)7-11-22(26)15-8-9-18(23)19(24)13-15/h2-13H,1H3/b11-7+. The van der Waals surface area contributed by atoms with Gasteiger partial charge in [-0.25, -0.2) is 0 Å². The summed E-state index contributed by atoms with van der Waals surface area (Å²) < 4.78 is 2.18. The SMILES string of the molecule is Cn1c2ccccc2c2cc(/C=C/C(=O)c3ccc(Cl)c(Cl)c3)ccc21. The molecule has 4 heteroatoms. The van der Waals surface area contributed by atoms with Gasteiger partial charge in [0.05, 0.1) is 10.0 Å². The largest absolute Gasteiger partial charge is 0.344 e. The fourth-order valence-electron chi connectivity index (χ4n) is 3.21. The summed E-state index contributed by atoms with van der Waals surface area (Å²) in [4.78, 5) is 12.4. The van der Waals surface area contributed by atoms with Crippen molar-refractivity contribution in [2.45, 2.75) is 0 Å². The van der Waals surface area contributed by atoms with Crippen molar-refractivity contribution in [3.63, 3.8) is 0 Å². The molecule has 2 nitrogen and oxygen atoms in total. The lowest BCUT2D eigenvalue weighted by molar-refractivity contribution is 0.104. The normalized spacial score (nSPS) is 11.7. The van der Waals surface area contributed by atoms with E-state index in [1.165, 1.54) is 21.8 Å². The van der Waals surface area contributed by atoms with Gasteiger partial charge in [-0.05, 0) is 48.0 Å². The summed E-state index contributed by atoms with van der Waals surface area (Å²) in [5.41, 5.74) is 3.85. The van der Waals surface area contributed by atoms with Gasteiger partial charge < -0.3 is 4.57 Å². The number of benzene rings is 3. The Morgan fingerprint density at radius 3 is 2.46 bits per heavy atom. The Labute approximate surface area is 161 Å². The van der Waals surface area contributed by atoms with Gasteiger partial charge in [0, 0.05) is 34.4 Å². The molecule has 3 aromatic carbocycles. The van der Waals surface area contributed by atoms with Crippen molar-refractivity contribution in [1.82, 2.24) is 4.57 Å². The summed E-state index contributed by atoms with van der Waals surface area (Å²) in [6.45, 7) is 0. The van der Waals surface area contributed by atoms with Gasteiger partial charge in [-0.15, -0.1) is 0 Å². The Bertz CT molecular complexity index is 1190. The second kappa shape index (κ2) is 6.64. The molecule has 0 unspecified atom stereocenters. The Kier molecular flexibility index (Phi) is 4.31. The first-order valence-corrected chi connectivity index (χ1v) is 8.95. The molecule has 0 radical (unpaired) electrons. The Morgan fingerprint density at radius 2 is 1.65 bits per heavy atom. The van der Waals surface area contributed by atoms with Crippen LogP contribution in [0.3, 0.4) is 0 Å². The third-order valence-electron chi connectivity index (χ3n) is 4.57. The molecule has 0 fully saturated rings. The summed E-state index contributed by atoms with van der Waals surface area (Å²) in [5.74, 6) is -0.110. The number of fused-ring (bicyclic) bond motifs is 3. The number of allylic oxidation sites excluding steroid dienone is 1. The molecule has 0 amide bonds. The summed E-state index contributed by atoms with van der Waals surface area (Å²) in [6.07, 6.45) is 3.39. The van der Waals surface area contributed by atoms with E-state index in [2.05, 4.69) is 35.9 Å². The van der Waals surface area contributed by atoms with Crippen molar-refractivity contribution in [2.24, 2.45) is 7.05 Å². The van der Waals surface area contributed by atoms with Crippen molar-refractivity contribution < 1.29 is 4.79 Å². The van der Waals surface area contributed by atoms with Crippen LogP contribution < -0.4 is 0 Å². The third-order valence-corrected chi connectivity index (χ3v) is 5.31. The first-order valence-electron chi connectivity index (χ1n) is 8.19. The molecule has 1 aromatic heterocycles. The number of halogens is 2. The lowest BCUT2D eigenvalue weighted by Gasteiger charge is -2.00. The van der Waals surface area contributed by atoms with Crippen LogP contribution in [0.2, 0.25) is 10.0 Å². The number of para-hydroxylation sites is 1. The second-order valence-corrected chi connectivity index (χ2v) is 6.99. The monoisotopic (exact) mass is 379 g/mol. The molecule has 1 heterocycles. The minimum Gasteiger partial charge on any atom is -0.344 e. The quantitative estimate of drug-likeness (QED) is 0.292. The lowest BCUT2D eigenvalue weighted by atomic mass is 10.1. The summed E-state index contributed by atoms with van der Waals surface area (Å²) in [5, 5.41) is 3.19. The predicted octanol–water partition coefficient (Wildman–Crippen LogP) is 6.53. The molecule has 0 aliphatic carbocycles. The number of carbonyl (C=O) groups excluding carboxylic acids is 1. The lowest BCUT2D eigenvalue weighted by Crippen LogP contribution is -1.93. The Morgan fingerprint density at radius 1 is 0.885 bits per heavy atom. The molecule has 0 spiro atoms. The van der Waals surface area contributed by atoms with Gasteiger partial charge in [0.15, 0.2) is 5.78 Å². The molecular formula is C22H15Cl2NO. The van der Waals surface area contributed by atoms with E-state index in [-0.39, 0.29) is 5.78 Å². The van der Waals surface area contributed by atoms with Gasteiger partial charge in [0.25, 0.3) is 0 Å². The minimum absolute atomic E-state index is 0.110. The molecule has 0 N–H and O–H groups in total. The molecule has 128 valence electrons. The molecular weight excluding hydrogens is 365 g/mol. The van der Waals surface area contributed by atoms with Crippen molar-refractivity contribution >= 4 is 56.9 Å². The zero-order chi connectivity index (χ0) is 18.3. The summed E-state index contributed by atoms with van der Waals surface area (Å²) >= 11 is 11.9. The van der Waals surface area contributed by atoms with E-state index in [9.17, 15) is 4.79 Å². The van der Waals surface area contributed by atoms with Crippen molar-refractivity contribution in [2.75, 3.05) is 0 Å². The van der Waals surface area contributed by atoms with Gasteiger partial charge in [-0.1, -0.05) is 53.5 Å². The number of nitrogens with zero attached hydrogens (tertiary/aromatic N) is 1. The summed E-state index contributed by atoms with van der Waals surface area (Å²) in [7, 11) is 2.06. The fraction of sp³-hybridized carbons (Fsp3) is 0.0455. The number of aryl methyl sites for hydroxylation is 1. The second-order valence-electron chi connectivity index (χ2n) is 6.18. The van der Waals surface area contributed by atoms with Crippen molar-refractivity contribution in [3.05, 3.63) is 87.9 Å². The van der Waals surface area contributed by atoms with Crippen LogP contribution in [0.25, 0.3) is 27.9 Å². The van der Waals surface area contributed by atoms with Gasteiger partial charge >= 0.3 is 0 Å². The predicted molar refractivity (Wildman–Crippen MR) is 110 cm³/mol. The molecule has 0 bridgehead atoms. The molecule has 0 atom stereocenters. The first-order chi connectivity index (χ1) is 12.5. The Hall–Kier alpha value is -2.55. The van der Waals surface area contributed by atoms with Crippen LogP contribution in [0.4, 0.5) is 0 Å². The van der Waals surface area contributed by atoms with E-state index in [0.717, 1.165) is 5.56 Å². The smallest absolute Gasteiger partial charge is 0.185 e. The average molecular weight is 380 g/mol. The highest BCUT2D eigenvalue weighted by molar-refractivity contribution is 6.42. The van der Waals surface area contributed by atoms with Gasteiger partial charge in [-0.3, -0.25) is 4.79 Å². The maximum Gasteiger partial charge on any atom is 0.185 e. The van der Waals surface area contributed by atoms with Gasteiger partial charge in [0.2, 0.25) is 0 Å². The molecule has 0 aliphatic heterocycles. The molecule has 0 aliphatic rings. The van der Waals surface area contributed by atoms with E-state index >= 15 is 0 Å². The zero-order valence-corrected chi connectivity index (χ0v) is 15.6. The number of hydrogen-bond acceptors (Lipinski definition) is 1. The van der Waals surface area contributed by atoms with E-state index in [1.807, 2.05) is 24.3 Å². The van der Waals surface area contributed by atoms with E-state index in [1.54, 1.807) is 24.3 Å². The molecule has 4 aromatic rings. The maximum atomic E-state index is 12.4. The van der Waals surface area contributed by atoms with E-state index < -0.39 is 0 Å². The number of rotatable bonds is 3. The molecule has 0 saturated carbocycles.